The first-order valence-corrected chi connectivity index (χ1v) is 4.69. The number of hydrogen-bond donors (Lipinski definition) is 0. The molecule has 2 aromatic rings. The van der Waals surface area contributed by atoms with Gasteiger partial charge in [0.25, 0.3) is 5.69 Å². The molecule has 0 aliphatic rings. The molecule has 0 aliphatic carbocycles. The van der Waals surface area contributed by atoms with Crippen molar-refractivity contribution in [3.63, 3.8) is 0 Å². The normalized spacial score (nSPS) is 9.94. The van der Waals surface area contributed by atoms with Crippen molar-refractivity contribution in [1.29, 1.82) is 0 Å². The Balaban J connectivity index is 2.16. The second-order valence-electron chi connectivity index (χ2n) is 3.17. The Morgan fingerprint density at radius 3 is 2.71 bits per heavy atom. The number of nitro groups is 1. The molecule has 0 atom stereocenters. The van der Waals surface area contributed by atoms with E-state index in [0.29, 0.717) is 0 Å². The van der Waals surface area contributed by atoms with Crippen LogP contribution in [0.25, 0.3) is 0 Å². The SMILES string of the molecule is O=[N+]([O-])c1ccc(Oc2cccc(F)c2)nc1. The van der Waals surface area contributed by atoms with Crippen molar-refractivity contribution in [3.8, 4) is 11.6 Å². The molecular weight excluding hydrogens is 227 g/mol. The number of halogens is 1. The molecule has 0 fully saturated rings. The average molecular weight is 234 g/mol. The molecule has 1 aromatic carbocycles. The van der Waals surface area contributed by atoms with Gasteiger partial charge in [-0.15, -0.1) is 0 Å². The molecule has 0 N–H and O–H groups in total. The molecule has 0 amide bonds. The number of pyridine rings is 1. The van der Waals surface area contributed by atoms with Crippen molar-refractivity contribution in [2.24, 2.45) is 0 Å². The van der Waals surface area contributed by atoms with Crippen molar-refractivity contribution in [2.75, 3.05) is 0 Å². The maximum atomic E-state index is 12.9. The van der Waals surface area contributed by atoms with Gasteiger partial charge in [0.2, 0.25) is 5.88 Å². The minimum atomic E-state index is -0.557. The number of ether oxygens (including phenoxy) is 1. The van der Waals surface area contributed by atoms with Gasteiger partial charge >= 0.3 is 0 Å². The van der Waals surface area contributed by atoms with Crippen molar-refractivity contribution in [1.82, 2.24) is 4.98 Å². The van der Waals surface area contributed by atoms with Gasteiger partial charge in [-0.2, -0.15) is 0 Å². The van der Waals surface area contributed by atoms with E-state index in [-0.39, 0.29) is 17.3 Å². The molecule has 0 radical (unpaired) electrons. The zero-order valence-corrected chi connectivity index (χ0v) is 8.54. The lowest BCUT2D eigenvalue weighted by Crippen LogP contribution is -1.91. The molecule has 17 heavy (non-hydrogen) atoms. The number of aromatic nitrogens is 1. The van der Waals surface area contributed by atoms with Crippen LogP contribution in [0.3, 0.4) is 0 Å². The fourth-order valence-corrected chi connectivity index (χ4v) is 1.19. The zero-order chi connectivity index (χ0) is 12.3. The minimum Gasteiger partial charge on any atom is -0.439 e. The molecular formula is C11H7FN2O3. The van der Waals surface area contributed by atoms with Gasteiger partial charge in [-0.05, 0) is 12.1 Å². The van der Waals surface area contributed by atoms with Crippen LogP contribution >= 0.6 is 0 Å². The molecule has 0 saturated heterocycles. The summed E-state index contributed by atoms with van der Waals surface area (Å²) in [7, 11) is 0. The smallest absolute Gasteiger partial charge is 0.287 e. The van der Waals surface area contributed by atoms with E-state index in [9.17, 15) is 14.5 Å². The van der Waals surface area contributed by atoms with Gasteiger partial charge in [0, 0.05) is 18.2 Å². The first kappa shape index (κ1) is 11.0. The summed E-state index contributed by atoms with van der Waals surface area (Å²) in [6, 6.07) is 8.16. The summed E-state index contributed by atoms with van der Waals surface area (Å²) < 4.78 is 18.1. The summed E-state index contributed by atoms with van der Waals surface area (Å²) in [6.45, 7) is 0. The van der Waals surface area contributed by atoms with E-state index in [1.807, 2.05) is 0 Å². The Labute approximate surface area is 95.6 Å². The third kappa shape index (κ3) is 2.75. The molecule has 1 heterocycles. The number of hydrogen-bond acceptors (Lipinski definition) is 4. The van der Waals surface area contributed by atoms with E-state index in [1.54, 1.807) is 6.07 Å². The highest BCUT2D eigenvalue weighted by atomic mass is 19.1. The Bertz CT molecular complexity index is 543. The molecule has 5 nitrogen and oxygen atoms in total. The standard InChI is InChI=1S/C11H7FN2O3/c12-8-2-1-3-10(6-8)17-11-5-4-9(7-13-11)14(15)16/h1-7H. The molecule has 2 rings (SSSR count). The third-order valence-electron chi connectivity index (χ3n) is 1.95. The van der Waals surface area contributed by atoms with Crippen LogP contribution in [-0.2, 0) is 0 Å². The summed E-state index contributed by atoms with van der Waals surface area (Å²) >= 11 is 0. The van der Waals surface area contributed by atoms with Crippen LogP contribution < -0.4 is 4.74 Å². The van der Waals surface area contributed by atoms with Gasteiger partial charge in [0.05, 0.1) is 4.92 Å². The van der Waals surface area contributed by atoms with Gasteiger partial charge in [-0.1, -0.05) is 6.07 Å². The van der Waals surface area contributed by atoms with E-state index in [2.05, 4.69) is 4.98 Å². The monoisotopic (exact) mass is 234 g/mol. The molecule has 6 heteroatoms. The van der Waals surface area contributed by atoms with Crippen LogP contribution in [-0.4, -0.2) is 9.91 Å². The van der Waals surface area contributed by atoms with Crippen molar-refractivity contribution >= 4 is 5.69 Å². The van der Waals surface area contributed by atoms with Crippen molar-refractivity contribution in [2.45, 2.75) is 0 Å². The second kappa shape index (κ2) is 4.56. The summed E-state index contributed by atoms with van der Waals surface area (Å²) in [5, 5.41) is 10.4. The van der Waals surface area contributed by atoms with Gasteiger partial charge in [0.15, 0.2) is 0 Å². The third-order valence-corrected chi connectivity index (χ3v) is 1.95. The first-order valence-electron chi connectivity index (χ1n) is 4.69. The average Bonchev–Trinajstić information content (AvgIpc) is 2.29. The van der Waals surface area contributed by atoms with Crippen molar-refractivity contribution in [3.05, 3.63) is 58.5 Å². The Morgan fingerprint density at radius 2 is 2.12 bits per heavy atom. The number of rotatable bonds is 3. The zero-order valence-electron chi connectivity index (χ0n) is 8.54. The van der Waals surface area contributed by atoms with E-state index < -0.39 is 10.7 Å². The molecule has 0 spiro atoms. The lowest BCUT2D eigenvalue weighted by molar-refractivity contribution is -0.385. The van der Waals surface area contributed by atoms with E-state index >= 15 is 0 Å². The highest BCUT2D eigenvalue weighted by Crippen LogP contribution is 2.21. The number of nitrogens with zero attached hydrogens (tertiary/aromatic N) is 2. The quantitative estimate of drug-likeness (QED) is 0.605. The minimum absolute atomic E-state index is 0.128. The molecule has 1 aromatic heterocycles. The number of benzene rings is 1. The highest BCUT2D eigenvalue weighted by Gasteiger charge is 2.06. The summed E-state index contributed by atoms with van der Waals surface area (Å²) in [5.74, 6) is 0.0250. The molecule has 86 valence electrons. The van der Waals surface area contributed by atoms with Crippen LogP contribution in [0.5, 0.6) is 11.6 Å². The molecule has 0 unspecified atom stereocenters. The van der Waals surface area contributed by atoms with Crippen LogP contribution in [0.2, 0.25) is 0 Å². The fraction of sp³-hybridized carbons (Fsp3) is 0. The Hall–Kier alpha value is -2.50. The lowest BCUT2D eigenvalue weighted by Gasteiger charge is -2.03. The van der Waals surface area contributed by atoms with Crippen LogP contribution in [0, 0.1) is 15.9 Å². The Morgan fingerprint density at radius 1 is 1.29 bits per heavy atom. The topological polar surface area (TPSA) is 65.3 Å². The second-order valence-corrected chi connectivity index (χ2v) is 3.17. The maximum Gasteiger partial charge on any atom is 0.287 e. The fourth-order valence-electron chi connectivity index (χ4n) is 1.19. The largest absolute Gasteiger partial charge is 0.439 e. The first-order chi connectivity index (χ1) is 8.15. The van der Waals surface area contributed by atoms with E-state index in [1.165, 1.54) is 30.3 Å². The summed E-state index contributed by atoms with van der Waals surface area (Å²) in [6.07, 6.45) is 1.08. The van der Waals surface area contributed by atoms with E-state index in [0.717, 1.165) is 6.20 Å². The van der Waals surface area contributed by atoms with Gasteiger partial charge in [0.1, 0.15) is 17.8 Å². The highest BCUT2D eigenvalue weighted by molar-refractivity contribution is 5.32. The van der Waals surface area contributed by atoms with Gasteiger partial charge < -0.3 is 4.74 Å². The maximum absolute atomic E-state index is 12.9. The van der Waals surface area contributed by atoms with Crippen LogP contribution in [0.1, 0.15) is 0 Å². The molecule has 0 bridgehead atoms. The van der Waals surface area contributed by atoms with Gasteiger partial charge in [-0.25, -0.2) is 9.37 Å². The van der Waals surface area contributed by atoms with Crippen LogP contribution in [0.15, 0.2) is 42.6 Å². The lowest BCUT2D eigenvalue weighted by atomic mass is 10.3. The van der Waals surface area contributed by atoms with Crippen molar-refractivity contribution < 1.29 is 14.1 Å². The van der Waals surface area contributed by atoms with Gasteiger partial charge in [-0.3, -0.25) is 10.1 Å². The molecule has 0 saturated carbocycles. The molecule has 0 aliphatic heterocycles. The van der Waals surface area contributed by atoms with E-state index in [4.69, 9.17) is 4.74 Å². The predicted octanol–water partition coefficient (Wildman–Crippen LogP) is 2.92. The van der Waals surface area contributed by atoms with Crippen LogP contribution in [0.4, 0.5) is 10.1 Å². The summed E-state index contributed by atoms with van der Waals surface area (Å²) in [4.78, 5) is 13.6. The Kier molecular flexibility index (Phi) is 2.95. The summed E-state index contributed by atoms with van der Waals surface area (Å²) in [5.41, 5.74) is -0.128. The predicted molar refractivity (Wildman–Crippen MR) is 57.4 cm³/mol.